The van der Waals surface area contributed by atoms with E-state index in [0.29, 0.717) is 0 Å². The van der Waals surface area contributed by atoms with E-state index < -0.39 is 0 Å². The van der Waals surface area contributed by atoms with Gasteiger partial charge >= 0.3 is 27.9 Å². The summed E-state index contributed by atoms with van der Waals surface area (Å²) in [5.41, 5.74) is 53.5. The van der Waals surface area contributed by atoms with Gasteiger partial charge in [0.25, 0.3) is 0 Å². The number of aromatic nitrogens is 5. The fourth-order valence-electron chi connectivity index (χ4n) is 27.6. The van der Waals surface area contributed by atoms with Gasteiger partial charge < -0.3 is 46.1 Å². The number of hydrogen-bond acceptors (Lipinski definition) is 5. The molecule has 6 aromatic heterocycles. The van der Waals surface area contributed by atoms with Gasteiger partial charge in [0, 0.05) is 137 Å². The second kappa shape index (κ2) is 27.9. The van der Waals surface area contributed by atoms with Crippen LogP contribution in [0.3, 0.4) is 0 Å². The predicted octanol–water partition coefficient (Wildman–Crippen LogP) is 28.8. The molecule has 14 heterocycles. The lowest BCUT2D eigenvalue weighted by Gasteiger charge is -2.35. The Morgan fingerprint density at radius 2 is 0.514 bits per heavy atom. The van der Waals surface area contributed by atoms with Crippen LogP contribution in [-0.4, -0.2) is 50.4 Å². The molecule has 142 heavy (non-hydrogen) atoms. The van der Waals surface area contributed by atoms with Gasteiger partial charge in [-0.15, -0.1) is 0 Å². The summed E-state index contributed by atoms with van der Waals surface area (Å²) in [4.78, 5) is 10.3. The Bertz CT molecular complexity index is 10100. The van der Waals surface area contributed by atoms with E-state index in [1.165, 1.54) is 282 Å². The van der Waals surface area contributed by atoms with Crippen molar-refractivity contribution in [2.24, 2.45) is 0 Å². The van der Waals surface area contributed by atoms with Gasteiger partial charge in [0.05, 0.1) is 55.8 Å². The highest BCUT2D eigenvalue weighted by Crippen LogP contribution is 2.59. The topological polar surface area (TPSA) is 50.8 Å². The number of nitrogens with zero attached hydrogens (tertiary/aromatic N) is 9. The molecule has 21 aromatic carbocycles. The van der Waals surface area contributed by atoms with Crippen molar-refractivity contribution < 1.29 is 4.42 Å². The molecule has 10 nitrogen and oxygen atoms in total. The van der Waals surface area contributed by atoms with Crippen LogP contribution >= 0.6 is 0 Å². The molecule has 8 aliphatic heterocycles. The zero-order chi connectivity index (χ0) is 91.8. The van der Waals surface area contributed by atoms with Crippen LogP contribution in [0.1, 0.15) is 22.3 Å². The van der Waals surface area contributed by atoms with E-state index in [0.717, 1.165) is 24.0 Å². The Morgan fingerprint density at radius 3 is 0.958 bits per heavy atom. The molecule has 14 heteroatoms. The van der Waals surface area contributed by atoms with Gasteiger partial charge in [-0.2, -0.15) is 0 Å². The quantitative estimate of drug-likeness (QED) is 0.153. The molecule has 652 valence electrons. The lowest BCUT2D eigenvalue weighted by Crippen LogP contribution is -2.51. The molecular formula is C128H77B4N9O. The monoisotopic (exact) mass is 1800 g/mol. The Balaban J connectivity index is 0.0000000824. The maximum Gasteiger partial charge on any atom is 0.421 e. The lowest BCUT2D eigenvalue weighted by molar-refractivity contribution is 0.670. The van der Waals surface area contributed by atoms with Crippen LogP contribution in [0, 0.1) is 0 Å². The van der Waals surface area contributed by atoms with Crippen molar-refractivity contribution in [2.45, 2.75) is 12.8 Å². The predicted molar refractivity (Wildman–Crippen MR) is 595 cm³/mol. The van der Waals surface area contributed by atoms with Gasteiger partial charge in [0.2, 0.25) is 0 Å². The molecule has 0 radical (unpaired) electrons. The summed E-state index contributed by atoms with van der Waals surface area (Å²) in [6.07, 6.45) is 2.04. The highest BCUT2D eigenvalue weighted by molar-refractivity contribution is 6.85. The SMILES string of the molecule is c1ccc(-n2c3ccccc3c3cc4c(cc32)-c2ccccc2B2N4c3cccc4c5ccccc5n2c34)cc1.c1ccc2c(c1)B1N(c3ccc4c(oc5ccccc54)c3-2)c2cccc3c4ccccc4n1c23.c1ccc2c(c1)Cc1cc3c(cc1-2)N1B(c2ccccc2-3)n2c3ccccc3c3cccc1c32.c1ccc2c(c1)Cc1cc3c(cc1-2)N1B(c2ccccc2-3)n2c3ccccc3c3cccc1c32. The van der Waals surface area contributed by atoms with Gasteiger partial charge in [0.15, 0.2) is 0 Å². The summed E-state index contributed by atoms with van der Waals surface area (Å²) in [5, 5.41) is 15.5. The maximum atomic E-state index is 6.52. The molecule has 37 rings (SSSR count). The number of hydrogen-bond donors (Lipinski definition) is 0. The molecule has 0 N–H and O–H groups in total. The molecule has 0 atom stereocenters. The van der Waals surface area contributed by atoms with Crippen molar-refractivity contribution in [3.05, 3.63) is 465 Å². The Morgan fingerprint density at radius 1 is 0.183 bits per heavy atom. The average Bonchev–Trinajstić information content (AvgIpc) is 1.52. The standard InChI is InChI=1S/C36H22BN3.2C31H19BN2.C30H17BN2O/c1-2-11-23(12-3-1)38-31-18-8-5-15-26(31)29-22-35-28(21-34(29)38)24-13-4-7-17-30(24)37-39(35)33-20-10-16-27-25-14-6-9-19-32(25)40(37)36(27)33;2*1-2-9-21-19(8-1)16-20-17-26-22-10-3-5-13-27(22)32-33(30(26)18-25(20)21)29-15-7-12-24-23-11-4-6-14-28(23)34(32)31(24)29;1-4-12-23-22(10-1)28-25(17-16-21-19-9-3-6-15-27(19)34-30(21)28)32-26-14-7-11-20-18-8-2-5-13-24(18)33(29(20)26)31(23)32/h1-22H;2*1-15,17-18H,16H2;1-17H. The van der Waals surface area contributed by atoms with Crippen molar-refractivity contribution >= 4 is 226 Å². The van der Waals surface area contributed by atoms with E-state index >= 15 is 0 Å². The van der Waals surface area contributed by atoms with Crippen molar-refractivity contribution in [2.75, 3.05) is 19.2 Å². The van der Waals surface area contributed by atoms with Gasteiger partial charge in [-0.1, -0.05) is 322 Å². The minimum atomic E-state index is 0.0726. The Labute approximate surface area is 817 Å². The van der Waals surface area contributed by atoms with E-state index in [1.807, 2.05) is 6.07 Å². The first-order valence-corrected chi connectivity index (χ1v) is 49.7. The van der Waals surface area contributed by atoms with E-state index in [-0.39, 0.29) is 27.9 Å². The molecule has 0 fully saturated rings. The molecule has 10 aliphatic rings. The first-order chi connectivity index (χ1) is 70.5. The molecule has 2 aliphatic carbocycles. The number of fused-ring (bicyclic) bond motifs is 57. The summed E-state index contributed by atoms with van der Waals surface area (Å²) in [6.45, 7) is 0.394. The molecule has 0 bridgehead atoms. The lowest BCUT2D eigenvalue weighted by atomic mass is 9.60. The van der Waals surface area contributed by atoms with Crippen molar-refractivity contribution in [1.82, 2.24) is 22.5 Å². The summed E-state index contributed by atoms with van der Waals surface area (Å²) in [6, 6.07) is 163. The van der Waals surface area contributed by atoms with E-state index in [1.54, 1.807) is 0 Å². The highest BCUT2D eigenvalue weighted by Gasteiger charge is 2.51. The molecule has 0 saturated carbocycles. The summed E-state index contributed by atoms with van der Waals surface area (Å²) in [7, 11) is 0. The number of rotatable bonds is 1. The van der Waals surface area contributed by atoms with Crippen molar-refractivity contribution in [3.8, 4) is 72.4 Å². The van der Waals surface area contributed by atoms with E-state index in [9.17, 15) is 0 Å². The van der Waals surface area contributed by atoms with Crippen LogP contribution < -0.4 is 41.1 Å². The van der Waals surface area contributed by atoms with Crippen LogP contribution in [0.5, 0.6) is 0 Å². The van der Waals surface area contributed by atoms with Gasteiger partial charge in [-0.25, -0.2) is 0 Å². The largest absolute Gasteiger partial charge is 0.455 e. The Hall–Kier alpha value is -18.1. The number of anilines is 8. The van der Waals surface area contributed by atoms with Crippen LogP contribution in [0.2, 0.25) is 0 Å². The van der Waals surface area contributed by atoms with Crippen molar-refractivity contribution in [3.63, 3.8) is 0 Å². The summed E-state index contributed by atoms with van der Waals surface area (Å²) < 4.78 is 19.2. The van der Waals surface area contributed by atoms with Crippen LogP contribution in [0.4, 0.5) is 45.5 Å². The number of furan rings is 1. The second-order valence-corrected chi connectivity index (χ2v) is 39.8. The minimum Gasteiger partial charge on any atom is -0.455 e. The van der Waals surface area contributed by atoms with Crippen LogP contribution in [-0.2, 0) is 12.8 Å². The molecule has 0 amide bonds. The molecule has 0 spiro atoms. The number of para-hydroxylation sites is 11. The van der Waals surface area contributed by atoms with E-state index in [2.05, 4.69) is 479 Å². The highest BCUT2D eigenvalue weighted by atomic mass is 16.3. The first-order valence-electron chi connectivity index (χ1n) is 49.7. The summed E-state index contributed by atoms with van der Waals surface area (Å²) >= 11 is 0. The van der Waals surface area contributed by atoms with Crippen LogP contribution in [0.15, 0.2) is 447 Å². The third-order valence-corrected chi connectivity index (χ3v) is 33.1. The third kappa shape index (κ3) is 9.77. The van der Waals surface area contributed by atoms with Gasteiger partial charge in [-0.3, -0.25) is 0 Å². The molecule has 27 aromatic rings. The Kier molecular flexibility index (Phi) is 14.9. The fraction of sp³-hybridized carbons (Fsp3) is 0.0156. The molecular weight excluding hydrogens is 1720 g/mol. The van der Waals surface area contributed by atoms with Gasteiger partial charge in [0.1, 0.15) is 11.2 Å². The smallest absolute Gasteiger partial charge is 0.421 e. The summed E-state index contributed by atoms with van der Waals surface area (Å²) in [5.74, 6) is 0. The average molecular weight is 1800 g/mol. The first kappa shape index (κ1) is 76.0. The minimum absolute atomic E-state index is 0.0726. The second-order valence-electron chi connectivity index (χ2n) is 39.8. The van der Waals surface area contributed by atoms with Gasteiger partial charge in [-0.05, 0) is 223 Å². The fourth-order valence-corrected chi connectivity index (χ4v) is 27.6. The molecule has 0 saturated heterocycles. The molecule has 0 unspecified atom stereocenters. The van der Waals surface area contributed by atoms with Crippen molar-refractivity contribution in [1.29, 1.82) is 0 Å². The van der Waals surface area contributed by atoms with Crippen LogP contribution in [0.25, 0.3) is 203 Å². The van der Waals surface area contributed by atoms with E-state index in [4.69, 9.17) is 4.42 Å². The maximum absolute atomic E-state index is 6.52. The number of benzene rings is 21. The normalized spacial score (nSPS) is 13.9. The third-order valence-electron chi connectivity index (χ3n) is 33.1. The zero-order valence-electron chi connectivity index (χ0n) is 76.8. The zero-order valence-corrected chi connectivity index (χ0v) is 76.8.